The quantitative estimate of drug-likeness (QED) is 0.764. The summed E-state index contributed by atoms with van der Waals surface area (Å²) >= 11 is 0. The van der Waals surface area contributed by atoms with Crippen LogP contribution in [-0.2, 0) is 0 Å². The van der Waals surface area contributed by atoms with E-state index in [0.29, 0.717) is 33.9 Å². The number of methoxy groups -OCH3 is 4. The molecule has 0 fully saturated rings. The molecule has 25 heavy (non-hydrogen) atoms. The van der Waals surface area contributed by atoms with Gasteiger partial charge in [0.2, 0.25) is 0 Å². The van der Waals surface area contributed by atoms with Gasteiger partial charge in [0.25, 0.3) is 0 Å². The van der Waals surface area contributed by atoms with Gasteiger partial charge in [-0.15, -0.1) is 6.58 Å². The van der Waals surface area contributed by atoms with E-state index in [1.165, 1.54) is 0 Å². The summed E-state index contributed by atoms with van der Waals surface area (Å²) in [5, 5.41) is 12.4. The SMILES string of the molecule is C=CC(C)(C)C(O)c1cc(OC)c2c(OC)ccc(OC)c2c1OC. The highest BCUT2D eigenvalue weighted by atomic mass is 16.5. The maximum Gasteiger partial charge on any atom is 0.136 e. The van der Waals surface area contributed by atoms with Crippen molar-refractivity contribution in [2.24, 2.45) is 5.41 Å². The van der Waals surface area contributed by atoms with Gasteiger partial charge >= 0.3 is 0 Å². The standard InChI is InChI=1S/C20H26O5/c1-8-20(2,3)19(21)12-11-15(24-6)16-13(22-4)9-10-14(23-5)17(16)18(12)25-7/h8-11,19,21H,1H2,2-7H3. The van der Waals surface area contributed by atoms with Gasteiger partial charge in [-0.25, -0.2) is 0 Å². The van der Waals surface area contributed by atoms with Crippen LogP contribution in [0.2, 0.25) is 0 Å². The normalized spacial score (nSPS) is 12.6. The van der Waals surface area contributed by atoms with Crippen LogP contribution in [-0.4, -0.2) is 33.5 Å². The molecular formula is C20H26O5. The highest BCUT2D eigenvalue weighted by Gasteiger charge is 2.31. The molecule has 0 aromatic heterocycles. The van der Waals surface area contributed by atoms with Crippen molar-refractivity contribution in [3.63, 3.8) is 0 Å². The number of ether oxygens (including phenoxy) is 4. The molecule has 1 atom stereocenters. The lowest BCUT2D eigenvalue weighted by atomic mass is 9.81. The molecule has 0 radical (unpaired) electrons. The van der Waals surface area contributed by atoms with Crippen LogP contribution in [0.25, 0.3) is 10.8 Å². The summed E-state index contributed by atoms with van der Waals surface area (Å²) in [6.07, 6.45) is 0.880. The van der Waals surface area contributed by atoms with E-state index in [1.807, 2.05) is 19.9 Å². The fraction of sp³-hybridized carbons (Fsp3) is 0.400. The Morgan fingerprint density at radius 3 is 1.88 bits per heavy atom. The molecule has 136 valence electrons. The summed E-state index contributed by atoms with van der Waals surface area (Å²) in [5.41, 5.74) is 0.0428. The monoisotopic (exact) mass is 346 g/mol. The van der Waals surface area contributed by atoms with Crippen molar-refractivity contribution in [2.75, 3.05) is 28.4 Å². The second-order valence-corrected chi connectivity index (χ2v) is 6.35. The van der Waals surface area contributed by atoms with E-state index < -0.39 is 11.5 Å². The fourth-order valence-corrected chi connectivity index (χ4v) is 2.89. The van der Waals surface area contributed by atoms with Gasteiger partial charge in [0, 0.05) is 11.0 Å². The zero-order chi connectivity index (χ0) is 18.8. The Labute approximate surface area is 148 Å². The molecule has 2 aromatic rings. The topological polar surface area (TPSA) is 57.2 Å². The van der Waals surface area contributed by atoms with E-state index in [2.05, 4.69) is 6.58 Å². The fourth-order valence-electron chi connectivity index (χ4n) is 2.89. The Hall–Kier alpha value is -2.40. The van der Waals surface area contributed by atoms with Crippen LogP contribution in [0.3, 0.4) is 0 Å². The van der Waals surface area contributed by atoms with Crippen molar-refractivity contribution in [2.45, 2.75) is 20.0 Å². The summed E-state index contributed by atoms with van der Waals surface area (Å²) in [4.78, 5) is 0. The van der Waals surface area contributed by atoms with E-state index in [1.54, 1.807) is 46.6 Å². The Morgan fingerprint density at radius 1 is 0.920 bits per heavy atom. The second-order valence-electron chi connectivity index (χ2n) is 6.35. The van der Waals surface area contributed by atoms with Crippen LogP contribution in [0, 0.1) is 5.41 Å². The third-order valence-electron chi connectivity index (χ3n) is 4.54. The molecule has 1 N–H and O–H groups in total. The van der Waals surface area contributed by atoms with Crippen molar-refractivity contribution in [1.29, 1.82) is 0 Å². The van der Waals surface area contributed by atoms with E-state index in [-0.39, 0.29) is 0 Å². The summed E-state index contributed by atoms with van der Waals surface area (Å²) < 4.78 is 22.3. The van der Waals surface area contributed by atoms with Gasteiger partial charge in [-0.1, -0.05) is 19.9 Å². The molecule has 2 aromatic carbocycles. The average molecular weight is 346 g/mol. The zero-order valence-electron chi connectivity index (χ0n) is 15.7. The van der Waals surface area contributed by atoms with Gasteiger partial charge in [-0.2, -0.15) is 0 Å². The van der Waals surface area contributed by atoms with E-state index in [9.17, 15) is 5.11 Å². The van der Waals surface area contributed by atoms with Crippen molar-refractivity contribution >= 4 is 10.8 Å². The highest BCUT2D eigenvalue weighted by molar-refractivity contribution is 6.03. The lowest BCUT2D eigenvalue weighted by Crippen LogP contribution is -2.20. The third-order valence-corrected chi connectivity index (χ3v) is 4.54. The van der Waals surface area contributed by atoms with Gasteiger partial charge in [0.15, 0.2) is 0 Å². The lowest BCUT2D eigenvalue weighted by Gasteiger charge is -2.29. The molecule has 0 saturated heterocycles. The van der Waals surface area contributed by atoms with Crippen LogP contribution < -0.4 is 18.9 Å². The first kappa shape index (κ1) is 18.9. The van der Waals surface area contributed by atoms with Crippen molar-refractivity contribution in [3.8, 4) is 23.0 Å². The zero-order valence-corrected chi connectivity index (χ0v) is 15.7. The van der Waals surface area contributed by atoms with Crippen LogP contribution in [0.5, 0.6) is 23.0 Å². The summed E-state index contributed by atoms with van der Waals surface area (Å²) in [6, 6.07) is 5.39. The molecule has 0 amide bonds. The maximum absolute atomic E-state index is 11.0. The Balaban J connectivity index is 2.97. The molecular weight excluding hydrogens is 320 g/mol. The molecule has 0 saturated carbocycles. The largest absolute Gasteiger partial charge is 0.496 e. The van der Waals surface area contributed by atoms with Gasteiger partial charge in [-0.05, 0) is 18.2 Å². The van der Waals surface area contributed by atoms with Crippen molar-refractivity contribution in [3.05, 3.63) is 36.4 Å². The molecule has 0 aliphatic carbocycles. The third kappa shape index (κ3) is 3.12. The van der Waals surface area contributed by atoms with Gasteiger partial charge < -0.3 is 24.1 Å². The summed E-state index contributed by atoms with van der Waals surface area (Å²) in [6.45, 7) is 7.64. The minimum Gasteiger partial charge on any atom is -0.496 e. The van der Waals surface area contributed by atoms with Crippen LogP contribution in [0.15, 0.2) is 30.9 Å². The highest BCUT2D eigenvalue weighted by Crippen LogP contribution is 2.50. The number of rotatable bonds is 7. The minimum atomic E-state index is -0.839. The van der Waals surface area contributed by atoms with Crippen molar-refractivity contribution < 1.29 is 24.1 Å². The van der Waals surface area contributed by atoms with Crippen LogP contribution >= 0.6 is 0 Å². The maximum atomic E-state index is 11.0. The van der Waals surface area contributed by atoms with E-state index in [0.717, 1.165) is 5.39 Å². The summed E-state index contributed by atoms with van der Waals surface area (Å²) in [5.74, 6) is 2.33. The first-order valence-corrected chi connectivity index (χ1v) is 7.97. The number of fused-ring (bicyclic) bond motifs is 1. The molecule has 1 unspecified atom stereocenters. The second kappa shape index (κ2) is 7.23. The number of aliphatic hydroxyl groups excluding tert-OH is 1. The number of aliphatic hydroxyl groups is 1. The Morgan fingerprint density at radius 2 is 1.44 bits per heavy atom. The first-order chi connectivity index (χ1) is 11.9. The molecule has 0 bridgehead atoms. The smallest absolute Gasteiger partial charge is 0.136 e. The molecule has 0 heterocycles. The molecule has 0 aliphatic rings. The van der Waals surface area contributed by atoms with Crippen LogP contribution in [0.4, 0.5) is 0 Å². The van der Waals surface area contributed by atoms with E-state index >= 15 is 0 Å². The number of hydrogen-bond donors (Lipinski definition) is 1. The van der Waals surface area contributed by atoms with Crippen molar-refractivity contribution in [1.82, 2.24) is 0 Å². The Kier molecular flexibility index (Phi) is 5.48. The molecule has 0 aliphatic heterocycles. The lowest BCUT2D eigenvalue weighted by molar-refractivity contribution is 0.0797. The van der Waals surface area contributed by atoms with Gasteiger partial charge in [-0.3, -0.25) is 0 Å². The Bertz CT molecular complexity index is 779. The molecule has 5 nitrogen and oxygen atoms in total. The first-order valence-electron chi connectivity index (χ1n) is 7.97. The predicted molar refractivity (Wildman–Crippen MR) is 99.1 cm³/mol. The number of benzene rings is 2. The van der Waals surface area contributed by atoms with E-state index in [4.69, 9.17) is 18.9 Å². The average Bonchev–Trinajstić information content (AvgIpc) is 2.64. The van der Waals surface area contributed by atoms with Gasteiger partial charge in [0.05, 0.1) is 45.3 Å². The predicted octanol–water partition coefficient (Wildman–Crippen LogP) is 4.12. The van der Waals surface area contributed by atoms with Gasteiger partial charge in [0.1, 0.15) is 23.0 Å². The molecule has 0 spiro atoms. The molecule has 5 heteroatoms. The summed E-state index contributed by atoms with van der Waals surface area (Å²) in [7, 11) is 6.33. The minimum absolute atomic E-state index is 0.522. The van der Waals surface area contributed by atoms with Crippen LogP contribution in [0.1, 0.15) is 25.5 Å². The molecule has 2 rings (SSSR count). The number of hydrogen-bond acceptors (Lipinski definition) is 5.